The molecule has 0 saturated carbocycles. The van der Waals surface area contributed by atoms with E-state index in [0.717, 1.165) is 23.2 Å². The maximum absolute atomic E-state index is 12.3. The average Bonchev–Trinajstić information content (AvgIpc) is 3.44. The van der Waals surface area contributed by atoms with Gasteiger partial charge in [0.05, 0.1) is 5.69 Å². The highest BCUT2D eigenvalue weighted by Gasteiger charge is 2.25. The summed E-state index contributed by atoms with van der Waals surface area (Å²) in [5.74, 6) is 0.856. The number of nitrogens with zero attached hydrogens (tertiary/aromatic N) is 1. The first-order valence-corrected chi connectivity index (χ1v) is 17.7. The molecule has 3 aromatic rings. The molecule has 0 aliphatic rings. The van der Waals surface area contributed by atoms with Crippen molar-refractivity contribution in [2.75, 3.05) is 0 Å². The van der Waals surface area contributed by atoms with Crippen molar-refractivity contribution in [1.82, 2.24) is 4.98 Å². The molecule has 0 fully saturated rings. The molecule has 47 heavy (non-hydrogen) atoms. The van der Waals surface area contributed by atoms with Crippen molar-refractivity contribution in [3.63, 3.8) is 0 Å². The zero-order valence-electron chi connectivity index (χ0n) is 32.8. The molecule has 1 aromatic carbocycles. The lowest BCUT2D eigenvalue weighted by molar-refractivity contribution is -0.126. The topological polar surface area (TPSA) is 77.2 Å². The SMILES string of the molecule is CC.CC(C)C(=O)c1cc2nc(-c3ccc(Cl)cc3)cc(C(C)(C)C)c2o1.CCC(=O)C(C)(C)C.CCC(C)(C)C(C)=O.CCCC. The summed E-state index contributed by atoms with van der Waals surface area (Å²) in [5.41, 5.74) is 3.89. The third kappa shape index (κ3) is 16.2. The summed E-state index contributed by atoms with van der Waals surface area (Å²) in [6, 6.07) is 11.4. The van der Waals surface area contributed by atoms with Gasteiger partial charge in [0, 0.05) is 45.4 Å². The Balaban J connectivity index is 0. The second-order valence-electron chi connectivity index (χ2n) is 14.5. The van der Waals surface area contributed by atoms with Gasteiger partial charge in [-0.25, -0.2) is 4.98 Å². The first kappa shape index (κ1) is 46.3. The van der Waals surface area contributed by atoms with Crippen molar-refractivity contribution in [1.29, 1.82) is 0 Å². The fraction of sp³-hybridized carbons (Fsp3) is 0.610. The maximum atomic E-state index is 12.3. The predicted molar refractivity (Wildman–Crippen MR) is 204 cm³/mol. The van der Waals surface area contributed by atoms with Crippen molar-refractivity contribution >= 4 is 40.1 Å². The number of carbonyl (C=O) groups is 3. The molecule has 266 valence electrons. The predicted octanol–water partition coefficient (Wildman–Crippen LogP) is 13.1. The standard InChI is InChI=1S/C21H22ClNO2.2C7H14O.C4H10.C2H6/c1-12(2)19(24)18-11-17-20(25-18)15(21(3,4)5)10-16(23-17)13-6-8-14(22)9-7-13;1-5-6(8)7(2,3)4;1-5-7(3,4)6(2)8;1-3-4-2;1-2/h6-12H,1-5H3;2*5H2,1-4H3;3-4H2,1-2H3;1-2H3. The lowest BCUT2D eigenvalue weighted by atomic mass is 9.86. The van der Waals surface area contributed by atoms with Crippen LogP contribution in [0.3, 0.4) is 0 Å². The van der Waals surface area contributed by atoms with Crippen LogP contribution in [-0.4, -0.2) is 22.3 Å². The number of aromatic nitrogens is 1. The molecule has 0 aliphatic heterocycles. The number of carbonyl (C=O) groups excluding carboxylic acids is 3. The van der Waals surface area contributed by atoms with Crippen LogP contribution < -0.4 is 0 Å². The van der Waals surface area contributed by atoms with E-state index < -0.39 is 0 Å². The van der Waals surface area contributed by atoms with E-state index in [1.165, 1.54) is 12.8 Å². The van der Waals surface area contributed by atoms with Crippen LogP contribution in [0.15, 0.2) is 40.8 Å². The number of pyridine rings is 1. The zero-order valence-corrected chi connectivity index (χ0v) is 33.6. The van der Waals surface area contributed by atoms with Crippen molar-refractivity contribution in [3.8, 4) is 11.3 Å². The van der Waals surface area contributed by atoms with Gasteiger partial charge >= 0.3 is 0 Å². The number of Topliss-reactive ketones (excluding diaryl/α,β-unsaturated/α-hetero) is 3. The molecule has 3 rings (SSSR count). The van der Waals surface area contributed by atoms with Crippen LogP contribution in [0.25, 0.3) is 22.4 Å². The molecule has 0 bridgehead atoms. The zero-order chi connectivity index (χ0) is 37.3. The number of unbranched alkanes of at least 4 members (excludes halogenated alkanes) is 1. The number of halogens is 1. The largest absolute Gasteiger partial charge is 0.451 e. The Morgan fingerprint density at radius 3 is 1.62 bits per heavy atom. The van der Waals surface area contributed by atoms with Gasteiger partial charge in [0.15, 0.2) is 11.3 Å². The summed E-state index contributed by atoms with van der Waals surface area (Å²) in [5, 5.41) is 0.689. The molecule has 0 atom stereocenters. The monoisotopic (exact) mass is 671 g/mol. The van der Waals surface area contributed by atoms with Crippen molar-refractivity contribution in [2.24, 2.45) is 16.7 Å². The van der Waals surface area contributed by atoms with Gasteiger partial charge in [0.2, 0.25) is 5.78 Å². The smallest absolute Gasteiger partial charge is 0.200 e. The Morgan fingerprint density at radius 2 is 1.32 bits per heavy atom. The molecular formula is C41H66ClNO4. The van der Waals surface area contributed by atoms with Crippen LogP contribution in [-0.2, 0) is 15.0 Å². The first-order valence-electron chi connectivity index (χ1n) is 17.4. The molecule has 0 N–H and O–H groups in total. The molecule has 2 aromatic heterocycles. The normalized spacial score (nSPS) is 11.1. The van der Waals surface area contributed by atoms with Gasteiger partial charge in [0.25, 0.3) is 0 Å². The number of hydrogen-bond acceptors (Lipinski definition) is 5. The second-order valence-corrected chi connectivity index (χ2v) is 14.9. The Hall–Kier alpha value is -2.79. The Labute approximate surface area is 292 Å². The van der Waals surface area contributed by atoms with E-state index in [9.17, 15) is 14.4 Å². The van der Waals surface area contributed by atoms with Gasteiger partial charge in [-0.1, -0.05) is 147 Å². The third-order valence-electron chi connectivity index (χ3n) is 7.69. The molecule has 6 heteroatoms. The fourth-order valence-electron chi connectivity index (χ4n) is 3.53. The molecule has 5 nitrogen and oxygen atoms in total. The first-order chi connectivity index (χ1) is 21.6. The van der Waals surface area contributed by atoms with Gasteiger partial charge in [0.1, 0.15) is 17.1 Å². The van der Waals surface area contributed by atoms with Crippen LogP contribution >= 0.6 is 11.6 Å². The van der Waals surface area contributed by atoms with E-state index in [2.05, 4.69) is 34.6 Å². The molecule has 0 amide bonds. The lowest BCUT2D eigenvalue weighted by Gasteiger charge is -2.20. The number of benzene rings is 1. The maximum Gasteiger partial charge on any atom is 0.200 e. The van der Waals surface area contributed by atoms with Gasteiger partial charge < -0.3 is 4.42 Å². The Morgan fingerprint density at radius 1 is 0.830 bits per heavy atom. The highest BCUT2D eigenvalue weighted by atomic mass is 35.5. The average molecular weight is 672 g/mol. The van der Waals surface area contributed by atoms with E-state index in [0.29, 0.717) is 34.1 Å². The lowest BCUT2D eigenvalue weighted by Crippen LogP contribution is -2.19. The second kappa shape index (κ2) is 21.2. The van der Waals surface area contributed by atoms with E-state index in [-0.39, 0.29) is 33.7 Å². The van der Waals surface area contributed by atoms with Gasteiger partial charge in [-0.2, -0.15) is 0 Å². The van der Waals surface area contributed by atoms with E-state index in [1.54, 1.807) is 13.0 Å². The quantitative estimate of drug-likeness (QED) is 0.234. The van der Waals surface area contributed by atoms with Crippen LogP contribution in [0.4, 0.5) is 0 Å². The summed E-state index contributed by atoms with van der Waals surface area (Å²) in [7, 11) is 0. The van der Waals surface area contributed by atoms with Gasteiger partial charge in [-0.05, 0) is 37.0 Å². The summed E-state index contributed by atoms with van der Waals surface area (Å²) in [6.07, 6.45) is 4.23. The fourth-order valence-corrected chi connectivity index (χ4v) is 3.66. The minimum absolute atomic E-state index is 0.00842. The van der Waals surface area contributed by atoms with Crippen LogP contribution in [0, 0.1) is 16.7 Å². The summed E-state index contributed by atoms with van der Waals surface area (Å²) < 4.78 is 5.93. The van der Waals surface area contributed by atoms with Crippen molar-refractivity contribution in [3.05, 3.63) is 52.7 Å². The molecular weight excluding hydrogens is 606 g/mol. The van der Waals surface area contributed by atoms with Gasteiger partial charge in [-0.15, -0.1) is 0 Å². The van der Waals surface area contributed by atoms with E-state index >= 15 is 0 Å². The number of ketones is 3. The molecule has 0 saturated heterocycles. The minimum atomic E-state index is -0.141. The number of rotatable bonds is 7. The minimum Gasteiger partial charge on any atom is -0.451 e. The van der Waals surface area contributed by atoms with E-state index in [4.69, 9.17) is 21.0 Å². The molecule has 2 heterocycles. The molecule has 0 spiro atoms. The Bertz CT molecular complexity index is 1370. The van der Waals surface area contributed by atoms with Crippen molar-refractivity contribution < 1.29 is 18.8 Å². The van der Waals surface area contributed by atoms with Crippen molar-refractivity contribution in [2.45, 2.75) is 149 Å². The van der Waals surface area contributed by atoms with E-state index in [1.807, 2.05) is 106 Å². The molecule has 0 unspecified atom stereocenters. The van der Waals surface area contributed by atoms with Crippen LogP contribution in [0.2, 0.25) is 5.02 Å². The summed E-state index contributed by atoms with van der Waals surface area (Å²) in [4.78, 5) is 38.6. The van der Waals surface area contributed by atoms with Crippen LogP contribution in [0.5, 0.6) is 0 Å². The number of fused-ring (bicyclic) bond motifs is 1. The Kier molecular flexibility index (Phi) is 20.9. The number of furan rings is 1. The van der Waals surface area contributed by atoms with Crippen LogP contribution in [0.1, 0.15) is 160 Å². The highest BCUT2D eigenvalue weighted by molar-refractivity contribution is 6.30. The summed E-state index contributed by atoms with van der Waals surface area (Å²) >= 11 is 5.99. The number of hydrogen-bond donors (Lipinski definition) is 0. The summed E-state index contributed by atoms with van der Waals surface area (Å²) in [6.45, 7) is 33.8. The highest BCUT2D eigenvalue weighted by Crippen LogP contribution is 2.35. The molecule has 0 radical (unpaired) electrons. The third-order valence-corrected chi connectivity index (χ3v) is 7.94. The molecule has 0 aliphatic carbocycles. The van der Waals surface area contributed by atoms with Gasteiger partial charge in [-0.3, -0.25) is 14.4 Å².